The molecule has 1 aromatic rings. The van der Waals surface area contributed by atoms with E-state index in [-0.39, 0.29) is 11.3 Å². The number of amides is 1. The van der Waals surface area contributed by atoms with E-state index in [0.717, 1.165) is 61.9 Å². The van der Waals surface area contributed by atoms with E-state index in [1.807, 2.05) is 12.1 Å². The molecule has 2 unspecified atom stereocenters. The number of alkyl halides is 1. The summed E-state index contributed by atoms with van der Waals surface area (Å²) >= 11 is 6.49. The minimum absolute atomic E-state index is 0.0242. The zero-order valence-electron chi connectivity index (χ0n) is 11.5. The molecule has 0 bridgehead atoms. The fraction of sp³-hybridized carbons (Fsp3) is 0.562. The third kappa shape index (κ3) is 2.99. The van der Waals surface area contributed by atoms with Gasteiger partial charge in [0.1, 0.15) is 0 Å². The monoisotopic (exact) mass is 293 g/mol. The van der Waals surface area contributed by atoms with E-state index in [1.165, 1.54) is 0 Å². The molecule has 3 rings (SSSR count). The van der Waals surface area contributed by atoms with Crippen LogP contribution in [0.5, 0.6) is 0 Å². The summed E-state index contributed by atoms with van der Waals surface area (Å²) in [6.07, 6.45) is 5.48. The molecule has 1 aromatic carbocycles. The summed E-state index contributed by atoms with van der Waals surface area (Å²) < 4.78 is 5.62. The van der Waals surface area contributed by atoms with Crippen LogP contribution in [0.1, 0.15) is 52.5 Å². The van der Waals surface area contributed by atoms with Gasteiger partial charge in [0.25, 0.3) is 5.91 Å². The average Bonchev–Trinajstić information content (AvgIpc) is 2.98. The van der Waals surface area contributed by atoms with Crippen molar-refractivity contribution in [2.45, 2.75) is 43.6 Å². The Bertz CT molecular complexity index is 497. The van der Waals surface area contributed by atoms with E-state index in [0.29, 0.717) is 6.10 Å². The van der Waals surface area contributed by atoms with Gasteiger partial charge in [-0.15, -0.1) is 11.6 Å². The van der Waals surface area contributed by atoms with Crippen molar-refractivity contribution < 1.29 is 9.53 Å². The molecule has 0 aliphatic carbocycles. The third-order valence-electron chi connectivity index (χ3n) is 4.19. The number of hydrogen-bond acceptors (Lipinski definition) is 2. The number of fused-ring (bicyclic) bond motifs is 1. The quantitative estimate of drug-likeness (QED) is 0.866. The van der Waals surface area contributed by atoms with Gasteiger partial charge in [0.2, 0.25) is 0 Å². The Labute approximate surface area is 124 Å². The van der Waals surface area contributed by atoms with E-state index >= 15 is 0 Å². The first-order valence-corrected chi connectivity index (χ1v) is 7.84. The molecule has 4 heteroatoms. The van der Waals surface area contributed by atoms with Gasteiger partial charge in [-0.3, -0.25) is 4.79 Å². The molecule has 3 nitrogen and oxygen atoms in total. The van der Waals surface area contributed by atoms with Crippen molar-refractivity contribution in [1.82, 2.24) is 5.32 Å². The van der Waals surface area contributed by atoms with Crippen LogP contribution >= 0.6 is 11.6 Å². The number of halogens is 1. The largest absolute Gasteiger partial charge is 0.378 e. The molecule has 2 aliphatic heterocycles. The van der Waals surface area contributed by atoms with Crippen molar-refractivity contribution in [3.63, 3.8) is 0 Å². The number of nitrogens with one attached hydrogen (secondary N) is 1. The van der Waals surface area contributed by atoms with Crippen molar-refractivity contribution >= 4 is 17.5 Å². The van der Waals surface area contributed by atoms with E-state index in [9.17, 15) is 4.79 Å². The highest BCUT2D eigenvalue weighted by atomic mass is 35.5. The average molecular weight is 294 g/mol. The van der Waals surface area contributed by atoms with Crippen molar-refractivity contribution in [2.24, 2.45) is 0 Å². The van der Waals surface area contributed by atoms with E-state index in [2.05, 4.69) is 11.4 Å². The molecule has 0 spiro atoms. The molecular weight excluding hydrogens is 274 g/mol. The maximum absolute atomic E-state index is 11.9. The van der Waals surface area contributed by atoms with Gasteiger partial charge >= 0.3 is 0 Å². The van der Waals surface area contributed by atoms with E-state index in [4.69, 9.17) is 16.3 Å². The molecule has 1 saturated heterocycles. The van der Waals surface area contributed by atoms with Gasteiger partial charge in [-0.05, 0) is 49.3 Å². The summed E-state index contributed by atoms with van der Waals surface area (Å²) in [6, 6.07) is 6.06. The van der Waals surface area contributed by atoms with Crippen LogP contribution < -0.4 is 5.32 Å². The lowest BCUT2D eigenvalue weighted by Crippen LogP contribution is -2.31. The lowest BCUT2D eigenvalue weighted by Gasteiger charge is -2.19. The predicted molar refractivity (Wildman–Crippen MR) is 79.3 cm³/mol. The molecule has 108 valence electrons. The number of ether oxygens (including phenoxy) is 1. The van der Waals surface area contributed by atoms with Crippen LogP contribution in [0.2, 0.25) is 0 Å². The minimum atomic E-state index is -0.0424. The Hall–Kier alpha value is -1.06. The fourth-order valence-electron chi connectivity index (χ4n) is 3.00. The summed E-state index contributed by atoms with van der Waals surface area (Å²) in [5.74, 6) is 0.0242. The second kappa shape index (κ2) is 6.15. The molecule has 0 radical (unpaired) electrons. The normalized spacial score (nSPS) is 23.2. The molecule has 0 aromatic heterocycles. The molecule has 2 heterocycles. The van der Waals surface area contributed by atoms with Gasteiger partial charge < -0.3 is 10.1 Å². The summed E-state index contributed by atoms with van der Waals surface area (Å²) in [6.45, 7) is 1.62. The first-order valence-electron chi connectivity index (χ1n) is 7.41. The van der Waals surface area contributed by atoms with Crippen LogP contribution in [0.25, 0.3) is 0 Å². The Morgan fingerprint density at radius 2 is 2.35 bits per heavy atom. The van der Waals surface area contributed by atoms with Gasteiger partial charge in [-0.25, -0.2) is 0 Å². The number of benzene rings is 1. The number of carbonyl (C=O) groups is 1. The Morgan fingerprint density at radius 1 is 1.45 bits per heavy atom. The van der Waals surface area contributed by atoms with Crippen molar-refractivity contribution in [2.75, 3.05) is 13.2 Å². The second-order valence-corrected chi connectivity index (χ2v) is 6.13. The zero-order valence-corrected chi connectivity index (χ0v) is 12.3. The highest BCUT2D eigenvalue weighted by molar-refractivity contribution is 6.20. The molecule has 1 fully saturated rings. The van der Waals surface area contributed by atoms with Crippen LogP contribution in [-0.2, 0) is 11.2 Å². The zero-order chi connectivity index (χ0) is 13.9. The number of carbonyl (C=O) groups excluding carboxylic acids is 1. The number of hydrogen-bond donors (Lipinski definition) is 1. The van der Waals surface area contributed by atoms with Crippen LogP contribution in [0.15, 0.2) is 18.2 Å². The highest BCUT2D eigenvalue weighted by Crippen LogP contribution is 2.30. The molecule has 2 aliphatic rings. The summed E-state index contributed by atoms with van der Waals surface area (Å²) in [4.78, 5) is 11.9. The lowest BCUT2D eigenvalue weighted by molar-refractivity contribution is 0.0945. The van der Waals surface area contributed by atoms with Gasteiger partial charge in [0.15, 0.2) is 0 Å². The lowest BCUT2D eigenvalue weighted by atomic mass is 9.95. The van der Waals surface area contributed by atoms with Crippen molar-refractivity contribution in [3.05, 3.63) is 34.9 Å². The Balaban J connectivity index is 1.66. The molecule has 1 amide bonds. The van der Waals surface area contributed by atoms with Gasteiger partial charge in [-0.1, -0.05) is 12.1 Å². The maximum atomic E-state index is 11.9. The topological polar surface area (TPSA) is 38.3 Å². The highest BCUT2D eigenvalue weighted by Gasteiger charge is 2.21. The standard InChI is InChI=1S/C16H20ClNO2/c17-15(6-5-13-2-1-9-20-13)12-4-3-11-7-8-18-16(19)14(11)10-12/h3-4,10,13,15H,1-2,5-9H2,(H,18,19). The second-order valence-electron chi connectivity index (χ2n) is 5.60. The van der Waals surface area contributed by atoms with Crippen LogP contribution in [0.4, 0.5) is 0 Å². The van der Waals surface area contributed by atoms with E-state index in [1.54, 1.807) is 0 Å². The predicted octanol–water partition coefficient (Wildman–Crippen LogP) is 3.21. The van der Waals surface area contributed by atoms with Gasteiger partial charge in [0.05, 0.1) is 11.5 Å². The molecule has 0 saturated carbocycles. The molecular formula is C16H20ClNO2. The van der Waals surface area contributed by atoms with Gasteiger partial charge in [0, 0.05) is 18.7 Å². The summed E-state index contributed by atoms with van der Waals surface area (Å²) in [5.41, 5.74) is 2.96. The summed E-state index contributed by atoms with van der Waals surface area (Å²) in [7, 11) is 0. The van der Waals surface area contributed by atoms with Gasteiger partial charge in [-0.2, -0.15) is 0 Å². The first kappa shape index (κ1) is 13.9. The SMILES string of the molecule is O=C1NCCc2ccc(C(Cl)CCC3CCCO3)cc21. The molecule has 2 atom stereocenters. The maximum Gasteiger partial charge on any atom is 0.251 e. The van der Waals surface area contributed by atoms with Crippen molar-refractivity contribution in [3.8, 4) is 0 Å². The Kier molecular flexibility index (Phi) is 4.27. The summed E-state index contributed by atoms with van der Waals surface area (Å²) in [5, 5.41) is 2.84. The van der Waals surface area contributed by atoms with Crippen LogP contribution in [0, 0.1) is 0 Å². The third-order valence-corrected chi connectivity index (χ3v) is 4.66. The number of rotatable bonds is 4. The molecule has 20 heavy (non-hydrogen) atoms. The molecule has 1 N–H and O–H groups in total. The first-order chi connectivity index (χ1) is 9.74. The van der Waals surface area contributed by atoms with E-state index < -0.39 is 0 Å². The van der Waals surface area contributed by atoms with Crippen LogP contribution in [0.3, 0.4) is 0 Å². The minimum Gasteiger partial charge on any atom is -0.378 e. The van der Waals surface area contributed by atoms with Crippen LogP contribution in [-0.4, -0.2) is 25.2 Å². The Morgan fingerprint density at radius 3 is 3.15 bits per heavy atom. The smallest absolute Gasteiger partial charge is 0.251 e. The fourth-order valence-corrected chi connectivity index (χ4v) is 3.26. The van der Waals surface area contributed by atoms with Crippen molar-refractivity contribution in [1.29, 1.82) is 0 Å².